The van der Waals surface area contributed by atoms with Crippen LogP contribution in [0.3, 0.4) is 0 Å². The van der Waals surface area contributed by atoms with Crippen molar-refractivity contribution < 1.29 is 0 Å². The second-order valence-electron chi connectivity index (χ2n) is 7.02. The van der Waals surface area contributed by atoms with Crippen LogP contribution in [0.4, 0.5) is 0 Å². The van der Waals surface area contributed by atoms with Crippen molar-refractivity contribution >= 4 is 64.9 Å². The van der Waals surface area contributed by atoms with Gasteiger partial charge >= 0.3 is 0 Å². The molecule has 0 aromatic heterocycles. The average molecular weight is 571 g/mol. The Balaban J connectivity index is 1.96. The van der Waals surface area contributed by atoms with Crippen LogP contribution in [0.25, 0.3) is 0 Å². The first-order valence-corrected chi connectivity index (χ1v) is 16.9. The van der Waals surface area contributed by atoms with Crippen molar-refractivity contribution in [2.24, 2.45) is 12.8 Å². The van der Waals surface area contributed by atoms with Gasteiger partial charge in [-0.3, -0.25) is 0 Å². The van der Waals surface area contributed by atoms with Gasteiger partial charge < -0.3 is 0 Å². The molecule has 1 heterocycles. The fourth-order valence-corrected chi connectivity index (χ4v) is 18.7. The van der Waals surface area contributed by atoms with Crippen LogP contribution in [0.1, 0.15) is 0 Å². The van der Waals surface area contributed by atoms with E-state index in [2.05, 4.69) is 143 Å². The molecule has 0 radical (unpaired) electrons. The zero-order valence-electron chi connectivity index (χ0n) is 16.6. The summed E-state index contributed by atoms with van der Waals surface area (Å²) in [5.74, 6) is 0. The zero-order chi connectivity index (χ0) is 21.2. The third kappa shape index (κ3) is 3.93. The number of nitrogens with zero attached hydrogens (tertiary/aromatic N) is 3. The number of hydrogen-bond donors (Lipinski definition) is 0. The summed E-state index contributed by atoms with van der Waals surface area (Å²) in [6, 6.07) is 42.4. The summed E-state index contributed by atoms with van der Waals surface area (Å²) < 4.78 is 16.4. The summed E-state index contributed by atoms with van der Waals surface area (Å²) in [4.78, 5) is 0. The molecule has 0 amide bonds. The van der Waals surface area contributed by atoms with E-state index in [9.17, 15) is 0 Å². The van der Waals surface area contributed by atoms with Crippen LogP contribution in [0.2, 0.25) is 0 Å². The molecule has 0 fully saturated rings. The molecule has 7 heteroatoms. The molecule has 1 aliphatic rings. The molecule has 0 saturated carbocycles. The van der Waals surface area contributed by atoms with Crippen molar-refractivity contribution in [1.82, 2.24) is 0 Å². The normalized spacial score (nSPS) is 18.8. The van der Waals surface area contributed by atoms with Gasteiger partial charge in [0.1, 0.15) is 14.4 Å². The van der Waals surface area contributed by atoms with Crippen LogP contribution < -0.4 is 21.2 Å². The highest BCUT2D eigenvalue weighted by Crippen LogP contribution is 2.66. The van der Waals surface area contributed by atoms with Crippen LogP contribution in [-0.2, 0) is 8.05 Å². The smallest absolute Gasteiger partial charge is 0.147 e. The van der Waals surface area contributed by atoms with E-state index >= 15 is 0 Å². The Morgan fingerprint density at radius 3 is 1.16 bits per heavy atom. The molecule has 0 aliphatic carbocycles. The summed E-state index contributed by atoms with van der Waals surface area (Å²) >= 11 is 2.40. The van der Waals surface area contributed by atoms with Gasteiger partial charge in [-0.25, -0.2) is 4.52 Å². The fourth-order valence-electron chi connectivity index (χ4n) is 3.67. The molecule has 0 bridgehead atoms. The molecular formula is C24H20IN3P2S. The number of hydrogen-bond acceptors (Lipinski definition) is 3. The number of halogens is 1. The molecule has 1 unspecified atom stereocenters. The Hall–Kier alpha value is -1.78. The van der Waals surface area contributed by atoms with Crippen molar-refractivity contribution in [3.63, 3.8) is 0 Å². The molecule has 3 nitrogen and oxygen atoms in total. The fraction of sp³-hybridized carbons (Fsp3) is 0. The molecule has 4 aromatic carbocycles. The zero-order valence-corrected chi connectivity index (χ0v) is 21.3. The van der Waals surface area contributed by atoms with Crippen LogP contribution in [0.5, 0.6) is 0 Å². The quantitative estimate of drug-likeness (QED) is 0.196. The van der Waals surface area contributed by atoms with Gasteiger partial charge in [-0.05, 0) is 0 Å². The highest BCUT2D eigenvalue weighted by atomic mass is 127. The third-order valence-corrected chi connectivity index (χ3v) is 17.4. The summed E-state index contributed by atoms with van der Waals surface area (Å²) in [7, 11) is -5.29. The van der Waals surface area contributed by atoms with Crippen molar-refractivity contribution in [1.29, 1.82) is 0 Å². The van der Waals surface area contributed by atoms with E-state index in [4.69, 9.17) is 12.8 Å². The van der Waals surface area contributed by atoms with Crippen molar-refractivity contribution in [2.75, 3.05) is 0 Å². The van der Waals surface area contributed by atoms with E-state index in [1.165, 1.54) is 21.2 Å². The Kier molecular flexibility index (Phi) is 6.12. The average Bonchev–Trinajstić information content (AvgIpc) is 2.86. The topological polar surface area (TPSA) is 37.1 Å². The molecule has 154 valence electrons. The molecule has 1 atom stereocenters. The SMILES string of the molecule is IS1=NP(c2ccccc2)(c2ccccc2)=NP(c2ccccc2)(c2ccccc2)=N1. The second-order valence-corrected chi connectivity index (χ2v) is 16.3. The molecule has 0 spiro atoms. The van der Waals surface area contributed by atoms with Gasteiger partial charge in [0.25, 0.3) is 0 Å². The Bertz CT molecular complexity index is 1170. The summed E-state index contributed by atoms with van der Waals surface area (Å²) in [5.41, 5.74) is 0. The second kappa shape index (κ2) is 8.99. The van der Waals surface area contributed by atoms with Gasteiger partial charge in [-0.2, -0.15) is 8.28 Å². The maximum absolute atomic E-state index is 5.77. The van der Waals surface area contributed by atoms with Gasteiger partial charge in [0.05, 0.1) is 8.05 Å². The lowest BCUT2D eigenvalue weighted by Crippen LogP contribution is -2.21. The van der Waals surface area contributed by atoms with Gasteiger partial charge in [0.2, 0.25) is 0 Å². The predicted octanol–water partition coefficient (Wildman–Crippen LogP) is 6.60. The molecule has 4 aromatic rings. The maximum atomic E-state index is 5.77. The van der Waals surface area contributed by atoms with Gasteiger partial charge in [0, 0.05) is 42.4 Å². The minimum absolute atomic E-state index is 0.506. The first-order chi connectivity index (χ1) is 15.2. The van der Waals surface area contributed by atoms with Crippen molar-refractivity contribution in [3.8, 4) is 0 Å². The monoisotopic (exact) mass is 571 g/mol. The van der Waals surface area contributed by atoms with E-state index in [-0.39, 0.29) is 0 Å². The molecule has 0 N–H and O–H groups in total. The molecule has 1 aliphatic heterocycles. The highest BCUT2D eigenvalue weighted by Gasteiger charge is 2.36. The lowest BCUT2D eigenvalue weighted by Gasteiger charge is -2.31. The Morgan fingerprint density at radius 2 is 0.806 bits per heavy atom. The molecular weight excluding hydrogens is 551 g/mol. The largest absolute Gasteiger partial charge is 0.222 e. The van der Waals surface area contributed by atoms with Crippen LogP contribution in [-0.4, -0.2) is 0 Å². The van der Waals surface area contributed by atoms with E-state index < -0.39 is 22.5 Å². The first kappa shape index (κ1) is 21.1. The highest BCUT2D eigenvalue weighted by molar-refractivity contribution is 14.2. The van der Waals surface area contributed by atoms with E-state index in [0.29, 0.717) is 0 Å². The minimum Gasteiger partial charge on any atom is -0.222 e. The summed E-state index contributed by atoms with van der Waals surface area (Å²) in [6.45, 7) is 0. The lowest BCUT2D eigenvalue weighted by atomic mass is 10.4. The number of rotatable bonds is 4. The van der Waals surface area contributed by atoms with Crippen LogP contribution in [0.15, 0.2) is 134 Å². The van der Waals surface area contributed by atoms with Crippen LogP contribution in [0, 0.1) is 0 Å². The standard InChI is InChI=1S/C24H20IN3P2S/c25-31-27-29(21-13-5-1-6-14-21,22-15-7-2-8-16-22)26-30(28-31,23-17-9-3-10-18-23)24-19-11-4-12-20-24/h1-20H. The van der Waals surface area contributed by atoms with E-state index in [0.717, 1.165) is 0 Å². The summed E-state index contributed by atoms with van der Waals surface area (Å²) in [6.07, 6.45) is 0. The maximum Gasteiger partial charge on any atom is 0.147 e. The Morgan fingerprint density at radius 1 is 0.484 bits per heavy atom. The minimum atomic E-state index is -2.39. The van der Waals surface area contributed by atoms with Gasteiger partial charge in [-0.15, -0.1) is 0 Å². The lowest BCUT2D eigenvalue weighted by molar-refractivity contribution is 1.65. The molecule has 0 saturated heterocycles. The number of benzene rings is 4. The van der Waals surface area contributed by atoms with Gasteiger partial charge in [0.15, 0.2) is 0 Å². The van der Waals surface area contributed by atoms with Crippen molar-refractivity contribution in [3.05, 3.63) is 121 Å². The van der Waals surface area contributed by atoms with E-state index in [1.54, 1.807) is 0 Å². The molecule has 31 heavy (non-hydrogen) atoms. The van der Waals surface area contributed by atoms with Gasteiger partial charge in [-0.1, -0.05) is 121 Å². The summed E-state index contributed by atoms with van der Waals surface area (Å²) in [5, 5.41) is 4.73. The Labute approximate surface area is 198 Å². The predicted molar refractivity (Wildman–Crippen MR) is 147 cm³/mol. The molecule has 5 rings (SSSR count). The van der Waals surface area contributed by atoms with Crippen molar-refractivity contribution in [2.45, 2.75) is 0 Å². The third-order valence-electron chi connectivity index (χ3n) is 5.09. The van der Waals surface area contributed by atoms with E-state index in [1.807, 2.05) is 0 Å². The van der Waals surface area contributed by atoms with Crippen LogP contribution >= 0.6 is 35.6 Å². The first-order valence-electron chi connectivity index (χ1n) is 9.86.